The molecule has 0 fully saturated rings. The molecule has 9 heteroatoms. The molecule has 1 aromatic carbocycles. The van der Waals surface area contributed by atoms with Crippen LogP contribution < -0.4 is 15.6 Å². The van der Waals surface area contributed by atoms with E-state index in [0.717, 1.165) is 16.9 Å². The number of methoxy groups -OCH3 is 1. The maximum Gasteiger partial charge on any atom is 0.295 e. The summed E-state index contributed by atoms with van der Waals surface area (Å²) < 4.78 is 6.12. The summed E-state index contributed by atoms with van der Waals surface area (Å²) in [4.78, 5) is 28.4. The SMILES string of the molecule is COc1nnc(NC(=O)Cn2cnc(-c3ccccc3)cc2=O)s1. The predicted octanol–water partition coefficient (Wildman–Crippen LogP) is 1.41. The lowest BCUT2D eigenvalue weighted by Crippen LogP contribution is -2.27. The van der Waals surface area contributed by atoms with Gasteiger partial charge in [-0.2, -0.15) is 0 Å². The molecule has 3 aromatic rings. The fourth-order valence-corrected chi connectivity index (χ4v) is 2.54. The molecule has 0 unspecified atom stereocenters. The van der Waals surface area contributed by atoms with E-state index in [0.29, 0.717) is 16.0 Å². The molecule has 0 saturated carbocycles. The Morgan fingerprint density at radius 1 is 1.29 bits per heavy atom. The maximum atomic E-state index is 12.1. The fourth-order valence-electron chi connectivity index (χ4n) is 1.97. The Hall–Kier alpha value is -3.07. The number of carbonyl (C=O) groups excluding carboxylic acids is 1. The molecule has 0 saturated heterocycles. The normalized spacial score (nSPS) is 10.4. The highest BCUT2D eigenvalue weighted by Gasteiger charge is 2.10. The van der Waals surface area contributed by atoms with Crippen LogP contribution in [0.15, 0.2) is 47.5 Å². The van der Waals surface area contributed by atoms with Gasteiger partial charge in [0.25, 0.3) is 10.8 Å². The minimum Gasteiger partial charge on any atom is -0.472 e. The van der Waals surface area contributed by atoms with Gasteiger partial charge < -0.3 is 4.74 Å². The number of carbonyl (C=O) groups is 1. The van der Waals surface area contributed by atoms with Crippen LogP contribution >= 0.6 is 11.3 Å². The second kappa shape index (κ2) is 7.01. The number of benzene rings is 1. The summed E-state index contributed by atoms with van der Waals surface area (Å²) in [6, 6.07) is 10.7. The van der Waals surface area contributed by atoms with E-state index in [1.165, 1.54) is 24.1 Å². The summed E-state index contributed by atoms with van der Waals surface area (Å²) in [6.45, 7) is -0.164. The third kappa shape index (κ3) is 3.63. The minimum absolute atomic E-state index is 0.164. The average Bonchev–Trinajstić information content (AvgIpc) is 3.05. The topological polar surface area (TPSA) is 99.0 Å². The number of aromatic nitrogens is 4. The minimum atomic E-state index is -0.398. The number of hydrogen-bond donors (Lipinski definition) is 1. The molecule has 3 rings (SSSR count). The Labute approximate surface area is 140 Å². The van der Waals surface area contributed by atoms with Crippen molar-refractivity contribution in [3.8, 4) is 16.5 Å². The zero-order valence-electron chi connectivity index (χ0n) is 12.7. The Kier molecular flexibility index (Phi) is 4.62. The molecule has 8 nitrogen and oxygen atoms in total. The summed E-state index contributed by atoms with van der Waals surface area (Å²) in [6.07, 6.45) is 1.35. The van der Waals surface area contributed by atoms with E-state index in [4.69, 9.17) is 4.74 Å². The summed E-state index contributed by atoms with van der Waals surface area (Å²) in [7, 11) is 1.46. The van der Waals surface area contributed by atoms with Gasteiger partial charge in [0.2, 0.25) is 11.0 Å². The van der Waals surface area contributed by atoms with Crippen molar-refractivity contribution in [3.63, 3.8) is 0 Å². The molecule has 0 bridgehead atoms. The van der Waals surface area contributed by atoms with Crippen molar-refractivity contribution < 1.29 is 9.53 Å². The van der Waals surface area contributed by atoms with Gasteiger partial charge in [0.05, 0.1) is 19.1 Å². The molecule has 1 N–H and O–H groups in total. The number of anilines is 1. The van der Waals surface area contributed by atoms with E-state index in [1.54, 1.807) is 0 Å². The van der Waals surface area contributed by atoms with Crippen molar-refractivity contribution in [2.75, 3.05) is 12.4 Å². The second-order valence-corrected chi connectivity index (χ2v) is 5.67. The first-order valence-corrected chi connectivity index (χ1v) is 7.76. The first-order valence-electron chi connectivity index (χ1n) is 6.95. The first-order chi connectivity index (χ1) is 11.7. The molecule has 2 aromatic heterocycles. The van der Waals surface area contributed by atoms with Gasteiger partial charge in [0, 0.05) is 11.6 Å². The highest BCUT2D eigenvalue weighted by Crippen LogP contribution is 2.21. The largest absolute Gasteiger partial charge is 0.472 e. The summed E-state index contributed by atoms with van der Waals surface area (Å²) in [5, 5.41) is 10.7. The Morgan fingerprint density at radius 2 is 2.08 bits per heavy atom. The summed E-state index contributed by atoms with van der Waals surface area (Å²) in [5.74, 6) is -0.398. The highest BCUT2D eigenvalue weighted by atomic mass is 32.1. The van der Waals surface area contributed by atoms with E-state index in [-0.39, 0.29) is 12.1 Å². The van der Waals surface area contributed by atoms with E-state index < -0.39 is 5.91 Å². The molecule has 0 aliphatic heterocycles. The van der Waals surface area contributed by atoms with Gasteiger partial charge in [-0.05, 0) is 11.3 Å². The van der Waals surface area contributed by atoms with Crippen LogP contribution in [0.1, 0.15) is 0 Å². The number of nitrogens with zero attached hydrogens (tertiary/aromatic N) is 4. The Bertz CT molecular complexity index is 907. The fraction of sp³-hybridized carbons (Fsp3) is 0.133. The molecule has 0 aliphatic carbocycles. The summed E-state index contributed by atoms with van der Waals surface area (Å²) >= 11 is 1.10. The quantitative estimate of drug-likeness (QED) is 0.752. The Balaban J connectivity index is 1.71. The summed E-state index contributed by atoms with van der Waals surface area (Å²) in [5.41, 5.74) is 1.09. The molecule has 1 amide bonds. The van der Waals surface area contributed by atoms with Crippen LogP contribution in [0.3, 0.4) is 0 Å². The van der Waals surface area contributed by atoms with E-state index in [1.807, 2.05) is 30.3 Å². The van der Waals surface area contributed by atoms with Gasteiger partial charge in [0.1, 0.15) is 6.54 Å². The van der Waals surface area contributed by atoms with Crippen molar-refractivity contribution in [1.82, 2.24) is 19.7 Å². The van der Waals surface area contributed by atoms with Crippen molar-refractivity contribution in [2.45, 2.75) is 6.54 Å². The predicted molar refractivity (Wildman–Crippen MR) is 89.0 cm³/mol. The highest BCUT2D eigenvalue weighted by molar-refractivity contribution is 7.17. The van der Waals surface area contributed by atoms with Crippen LogP contribution in [0.2, 0.25) is 0 Å². The molecule has 0 aliphatic rings. The van der Waals surface area contributed by atoms with Crippen molar-refractivity contribution >= 4 is 22.4 Å². The van der Waals surface area contributed by atoms with Crippen molar-refractivity contribution in [3.05, 3.63) is 53.1 Å². The number of ether oxygens (including phenoxy) is 1. The van der Waals surface area contributed by atoms with E-state index in [2.05, 4.69) is 20.5 Å². The molecular weight excluding hydrogens is 330 g/mol. The third-order valence-electron chi connectivity index (χ3n) is 3.09. The van der Waals surface area contributed by atoms with Crippen LogP contribution in [0.5, 0.6) is 5.19 Å². The number of hydrogen-bond acceptors (Lipinski definition) is 7. The van der Waals surface area contributed by atoms with Crippen LogP contribution in [0.4, 0.5) is 5.13 Å². The molecule has 122 valence electrons. The second-order valence-electron chi connectivity index (χ2n) is 4.73. The Morgan fingerprint density at radius 3 is 2.75 bits per heavy atom. The first kappa shape index (κ1) is 15.8. The van der Waals surface area contributed by atoms with Crippen LogP contribution in [0, 0.1) is 0 Å². The maximum absolute atomic E-state index is 12.1. The standard InChI is InChI=1S/C15H13N5O3S/c1-23-15-19-18-14(24-15)17-12(21)8-20-9-16-11(7-13(20)22)10-5-3-2-4-6-10/h2-7,9H,8H2,1H3,(H,17,18,21). The molecule has 0 spiro atoms. The smallest absolute Gasteiger partial charge is 0.295 e. The molecule has 24 heavy (non-hydrogen) atoms. The van der Waals surface area contributed by atoms with E-state index >= 15 is 0 Å². The van der Waals surface area contributed by atoms with Gasteiger partial charge in [-0.15, -0.1) is 5.10 Å². The lowest BCUT2D eigenvalue weighted by molar-refractivity contribution is -0.116. The number of amides is 1. The van der Waals surface area contributed by atoms with Gasteiger partial charge in [-0.1, -0.05) is 35.4 Å². The van der Waals surface area contributed by atoms with Gasteiger partial charge in [-0.3, -0.25) is 19.5 Å². The number of rotatable bonds is 5. The lowest BCUT2D eigenvalue weighted by Gasteiger charge is -2.06. The van der Waals surface area contributed by atoms with Crippen molar-refractivity contribution in [1.29, 1.82) is 0 Å². The lowest BCUT2D eigenvalue weighted by atomic mass is 10.1. The third-order valence-corrected chi connectivity index (χ3v) is 3.89. The average molecular weight is 343 g/mol. The van der Waals surface area contributed by atoms with Gasteiger partial charge >= 0.3 is 0 Å². The van der Waals surface area contributed by atoms with Crippen molar-refractivity contribution in [2.24, 2.45) is 0 Å². The molecule has 0 atom stereocenters. The zero-order valence-corrected chi connectivity index (χ0v) is 13.5. The van der Waals surface area contributed by atoms with Gasteiger partial charge in [-0.25, -0.2) is 4.98 Å². The number of nitrogens with one attached hydrogen (secondary N) is 1. The molecule has 0 radical (unpaired) electrons. The van der Waals surface area contributed by atoms with Gasteiger partial charge in [0.15, 0.2) is 0 Å². The van der Waals surface area contributed by atoms with Crippen LogP contribution in [0.25, 0.3) is 11.3 Å². The molecular formula is C15H13N5O3S. The van der Waals surface area contributed by atoms with Crippen LogP contribution in [-0.4, -0.2) is 32.8 Å². The van der Waals surface area contributed by atoms with E-state index in [9.17, 15) is 9.59 Å². The monoisotopic (exact) mass is 343 g/mol. The van der Waals surface area contributed by atoms with Crippen LogP contribution in [-0.2, 0) is 11.3 Å². The zero-order chi connectivity index (χ0) is 16.9. The molecule has 2 heterocycles.